The normalized spacial score (nSPS) is 23.8. The van der Waals surface area contributed by atoms with E-state index in [0.717, 1.165) is 28.7 Å². The second kappa shape index (κ2) is 5.98. The van der Waals surface area contributed by atoms with Crippen molar-refractivity contribution in [2.45, 2.75) is 17.6 Å². The van der Waals surface area contributed by atoms with Gasteiger partial charge < -0.3 is 14.2 Å². The van der Waals surface area contributed by atoms with Gasteiger partial charge in [0, 0.05) is 44.5 Å². The van der Waals surface area contributed by atoms with Gasteiger partial charge in [-0.05, 0) is 18.6 Å². The van der Waals surface area contributed by atoms with Gasteiger partial charge in [0.2, 0.25) is 5.91 Å². The Bertz CT molecular complexity index is 732. The number of thioether (sulfide) groups is 1. The van der Waals surface area contributed by atoms with Crippen LogP contribution in [-0.4, -0.2) is 39.3 Å². The van der Waals surface area contributed by atoms with Gasteiger partial charge in [-0.2, -0.15) is 0 Å². The molecule has 4 rings (SSSR count). The van der Waals surface area contributed by atoms with Gasteiger partial charge in [0.25, 0.3) is 0 Å². The van der Waals surface area contributed by atoms with Crippen molar-refractivity contribution in [1.29, 1.82) is 0 Å². The van der Waals surface area contributed by atoms with E-state index in [9.17, 15) is 4.79 Å². The first-order valence-corrected chi connectivity index (χ1v) is 8.72. The second-order valence-electron chi connectivity index (χ2n) is 5.75. The number of aromatic nitrogens is 3. The van der Waals surface area contributed by atoms with E-state index in [4.69, 9.17) is 4.74 Å². The molecule has 0 saturated carbocycles. The maximum atomic E-state index is 13.2. The maximum absolute atomic E-state index is 13.2. The highest BCUT2D eigenvalue weighted by molar-refractivity contribution is 7.99. The average Bonchev–Trinajstić information content (AvgIpc) is 3.22. The Morgan fingerprint density at radius 2 is 2.30 bits per heavy atom. The molecule has 23 heavy (non-hydrogen) atoms. The summed E-state index contributed by atoms with van der Waals surface area (Å²) in [6.45, 7) is 1.31. The van der Waals surface area contributed by atoms with Crippen LogP contribution >= 0.6 is 11.8 Å². The third-order valence-corrected chi connectivity index (χ3v) is 5.36. The fourth-order valence-electron chi connectivity index (χ4n) is 3.23. The molecule has 0 bridgehead atoms. The molecular formula is C16H18N4O2S. The first-order valence-electron chi connectivity index (χ1n) is 7.73. The molecule has 0 unspecified atom stereocenters. The Hall–Kier alpha value is -1.86. The highest BCUT2D eigenvalue weighted by Crippen LogP contribution is 2.39. The Morgan fingerprint density at radius 1 is 1.39 bits per heavy atom. The molecule has 120 valence electrons. The number of aryl methyl sites for hydroxylation is 1. The van der Waals surface area contributed by atoms with Crippen molar-refractivity contribution in [3.8, 4) is 0 Å². The number of nitrogens with zero attached hydrogens (tertiary/aromatic N) is 4. The molecule has 6 nitrogen and oxygen atoms in total. The molecule has 1 saturated heterocycles. The Kier molecular flexibility index (Phi) is 3.82. The van der Waals surface area contributed by atoms with Gasteiger partial charge >= 0.3 is 0 Å². The summed E-state index contributed by atoms with van der Waals surface area (Å²) in [6.07, 6.45) is 5.87. The Morgan fingerprint density at radius 3 is 3.13 bits per heavy atom. The lowest BCUT2D eigenvalue weighted by molar-refractivity contribution is -0.124. The highest BCUT2D eigenvalue weighted by Gasteiger charge is 2.40. The largest absolute Gasteiger partial charge is 0.369 e. The number of pyridine rings is 1. The average molecular weight is 330 g/mol. The number of carbonyl (C=O) groups excluding carboxylic acids is 1. The van der Waals surface area contributed by atoms with Crippen LogP contribution in [0, 0.1) is 5.92 Å². The lowest BCUT2D eigenvalue weighted by atomic mass is 9.98. The lowest BCUT2D eigenvalue weighted by Gasteiger charge is -2.31. The van der Waals surface area contributed by atoms with E-state index < -0.39 is 0 Å². The minimum absolute atomic E-state index is 0.116. The van der Waals surface area contributed by atoms with Crippen molar-refractivity contribution in [2.75, 3.05) is 23.8 Å². The van der Waals surface area contributed by atoms with E-state index in [2.05, 4.69) is 9.97 Å². The molecule has 2 atom stereocenters. The van der Waals surface area contributed by atoms with Crippen LogP contribution in [0.2, 0.25) is 0 Å². The topological polar surface area (TPSA) is 60.3 Å². The molecule has 0 N–H and O–H groups in total. The molecule has 2 aromatic rings. The van der Waals surface area contributed by atoms with Crippen molar-refractivity contribution < 1.29 is 9.53 Å². The zero-order valence-electron chi connectivity index (χ0n) is 12.9. The van der Waals surface area contributed by atoms with Gasteiger partial charge in [-0.3, -0.25) is 4.79 Å². The van der Waals surface area contributed by atoms with Crippen LogP contribution in [0.5, 0.6) is 0 Å². The molecule has 4 heterocycles. The molecule has 0 aliphatic carbocycles. The third kappa shape index (κ3) is 2.53. The number of hydrogen-bond acceptors (Lipinski definition) is 5. The maximum Gasteiger partial charge on any atom is 0.233 e. The molecule has 1 amide bonds. The molecular weight excluding hydrogens is 312 g/mol. The van der Waals surface area contributed by atoms with Crippen LogP contribution < -0.4 is 4.90 Å². The number of rotatable bonds is 2. The first-order chi connectivity index (χ1) is 11.3. The second-order valence-corrected chi connectivity index (χ2v) is 6.83. The number of anilines is 1. The van der Waals surface area contributed by atoms with Crippen LogP contribution in [0.1, 0.15) is 18.3 Å². The van der Waals surface area contributed by atoms with E-state index >= 15 is 0 Å². The smallest absolute Gasteiger partial charge is 0.233 e. The van der Waals surface area contributed by atoms with Gasteiger partial charge in [0.15, 0.2) is 0 Å². The molecule has 0 radical (unpaired) electrons. The molecule has 0 aromatic carbocycles. The van der Waals surface area contributed by atoms with E-state index in [1.807, 2.05) is 34.8 Å². The van der Waals surface area contributed by atoms with Crippen molar-refractivity contribution in [3.63, 3.8) is 0 Å². The number of hydrogen-bond donors (Lipinski definition) is 0. The lowest BCUT2D eigenvalue weighted by Crippen LogP contribution is -2.41. The minimum atomic E-state index is -0.266. The summed E-state index contributed by atoms with van der Waals surface area (Å²) in [5, 5.41) is 0.930. The molecule has 2 aliphatic heterocycles. The monoisotopic (exact) mass is 330 g/mol. The molecule has 2 aromatic heterocycles. The number of amides is 1. The summed E-state index contributed by atoms with van der Waals surface area (Å²) in [5.41, 5.74) is 0.916. The van der Waals surface area contributed by atoms with Crippen molar-refractivity contribution >= 4 is 23.4 Å². The zero-order valence-corrected chi connectivity index (χ0v) is 13.7. The SMILES string of the molecule is Cn1ccnc1[C@@H]1OCC[C@H]1C(=O)N1CCSc2ncccc21. The van der Waals surface area contributed by atoms with E-state index in [0.29, 0.717) is 13.2 Å². The summed E-state index contributed by atoms with van der Waals surface area (Å²) in [6, 6.07) is 3.85. The summed E-state index contributed by atoms with van der Waals surface area (Å²) in [7, 11) is 1.93. The molecule has 7 heteroatoms. The predicted octanol–water partition coefficient (Wildman–Crippen LogP) is 2.03. The van der Waals surface area contributed by atoms with Gasteiger partial charge in [-0.25, -0.2) is 9.97 Å². The number of fused-ring (bicyclic) bond motifs is 1. The van der Waals surface area contributed by atoms with Gasteiger partial charge in [-0.15, -0.1) is 11.8 Å². The van der Waals surface area contributed by atoms with E-state index in [1.165, 1.54) is 0 Å². The molecule has 1 fully saturated rings. The summed E-state index contributed by atoms with van der Waals surface area (Å²) < 4.78 is 7.77. The minimum Gasteiger partial charge on any atom is -0.369 e. The van der Waals surface area contributed by atoms with E-state index in [-0.39, 0.29) is 17.9 Å². The summed E-state index contributed by atoms with van der Waals surface area (Å²) >= 11 is 1.70. The van der Waals surface area contributed by atoms with Gasteiger partial charge in [0.05, 0.1) is 11.6 Å². The number of imidazole rings is 1. The zero-order chi connectivity index (χ0) is 15.8. The Balaban J connectivity index is 1.63. The molecule has 0 spiro atoms. The third-order valence-electron chi connectivity index (χ3n) is 4.38. The number of carbonyl (C=O) groups is 1. The summed E-state index contributed by atoms with van der Waals surface area (Å²) in [4.78, 5) is 23.8. The van der Waals surface area contributed by atoms with Crippen LogP contribution in [-0.2, 0) is 16.6 Å². The van der Waals surface area contributed by atoms with Gasteiger partial charge in [-0.1, -0.05) is 0 Å². The van der Waals surface area contributed by atoms with Crippen molar-refractivity contribution in [2.24, 2.45) is 13.0 Å². The highest BCUT2D eigenvalue weighted by atomic mass is 32.2. The Labute approximate surface area is 138 Å². The van der Waals surface area contributed by atoms with Crippen LogP contribution in [0.4, 0.5) is 5.69 Å². The van der Waals surface area contributed by atoms with Crippen molar-refractivity contribution in [3.05, 3.63) is 36.5 Å². The fraction of sp³-hybridized carbons (Fsp3) is 0.438. The quantitative estimate of drug-likeness (QED) is 0.843. The first kappa shape index (κ1) is 14.7. The van der Waals surface area contributed by atoms with E-state index in [1.54, 1.807) is 24.2 Å². The fourth-order valence-corrected chi connectivity index (χ4v) is 4.16. The van der Waals surface area contributed by atoms with Crippen LogP contribution in [0.25, 0.3) is 0 Å². The molecule has 2 aliphatic rings. The predicted molar refractivity (Wildman–Crippen MR) is 87.3 cm³/mol. The van der Waals surface area contributed by atoms with Crippen LogP contribution in [0.3, 0.4) is 0 Å². The van der Waals surface area contributed by atoms with Crippen LogP contribution in [0.15, 0.2) is 35.7 Å². The summed E-state index contributed by atoms with van der Waals surface area (Å²) in [5.74, 6) is 1.62. The standard InChI is InChI=1S/C16H18N4O2S/c1-19-7-6-17-14(19)13-11(4-9-22-13)16(21)20-8-10-23-15-12(20)3-2-5-18-15/h2-3,5-7,11,13H,4,8-10H2,1H3/t11-,13-/m1/s1. The van der Waals surface area contributed by atoms with Gasteiger partial charge in [0.1, 0.15) is 17.0 Å². The number of ether oxygens (including phenoxy) is 1. The van der Waals surface area contributed by atoms with Crippen molar-refractivity contribution in [1.82, 2.24) is 14.5 Å².